The fraction of sp³-hybridized carbons (Fsp3) is 0.522. The van der Waals surface area contributed by atoms with Crippen molar-refractivity contribution in [3.05, 3.63) is 40.3 Å². The number of rotatable bonds is 3. The van der Waals surface area contributed by atoms with Crippen molar-refractivity contribution >= 4 is 34.6 Å². The maximum absolute atomic E-state index is 12.3. The first-order valence-corrected chi connectivity index (χ1v) is 11.0. The summed E-state index contributed by atoms with van der Waals surface area (Å²) >= 11 is 1.37. The molecule has 1 heterocycles. The molecule has 2 bridgehead atoms. The number of benzene rings is 1. The van der Waals surface area contributed by atoms with Crippen molar-refractivity contribution in [1.29, 1.82) is 0 Å². The van der Waals surface area contributed by atoms with Crippen molar-refractivity contribution in [2.45, 2.75) is 59.8 Å². The highest BCUT2D eigenvalue weighted by Gasteiger charge is 2.60. The second kappa shape index (κ2) is 6.87. The number of amides is 1. The topological polar surface area (TPSA) is 53.8 Å². The third kappa shape index (κ3) is 3.14. The van der Waals surface area contributed by atoms with Crippen molar-refractivity contribution in [3.63, 3.8) is 0 Å². The van der Waals surface area contributed by atoms with Gasteiger partial charge in [-0.05, 0) is 65.5 Å². The van der Waals surface area contributed by atoms with Gasteiger partial charge in [-0.1, -0.05) is 58.9 Å². The first-order chi connectivity index (χ1) is 13.2. The number of thioether (sulfide) groups is 1. The molecule has 0 radical (unpaired) electrons. The SMILES string of the molecule is CC(C)c1ccc(C=C2SC(=NN=C3CC4CCC3(C)C4(C)C)NC2=O)cc1. The van der Waals surface area contributed by atoms with E-state index in [0.717, 1.165) is 12.0 Å². The van der Waals surface area contributed by atoms with E-state index in [4.69, 9.17) is 0 Å². The van der Waals surface area contributed by atoms with Crippen molar-refractivity contribution in [2.24, 2.45) is 27.0 Å². The average molecular weight is 396 g/mol. The Morgan fingerprint density at radius 2 is 1.89 bits per heavy atom. The van der Waals surface area contributed by atoms with E-state index in [1.54, 1.807) is 0 Å². The minimum Gasteiger partial charge on any atom is -0.299 e. The minimum absolute atomic E-state index is 0.101. The van der Waals surface area contributed by atoms with Crippen molar-refractivity contribution in [1.82, 2.24) is 5.32 Å². The summed E-state index contributed by atoms with van der Waals surface area (Å²) < 4.78 is 0. The van der Waals surface area contributed by atoms with Gasteiger partial charge in [-0.15, -0.1) is 5.10 Å². The minimum atomic E-state index is -0.101. The summed E-state index contributed by atoms with van der Waals surface area (Å²) in [4.78, 5) is 13.0. The molecule has 0 aromatic heterocycles. The zero-order valence-electron chi connectivity index (χ0n) is 17.4. The Labute approximate surface area is 172 Å². The predicted octanol–water partition coefficient (Wildman–Crippen LogP) is 5.57. The van der Waals surface area contributed by atoms with Crippen LogP contribution in [0.1, 0.15) is 70.9 Å². The highest BCUT2D eigenvalue weighted by atomic mass is 32.2. The quantitative estimate of drug-likeness (QED) is 0.537. The van der Waals surface area contributed by atoms with Crippen LogP contribution in [0.4, 0.5) is 0 Å². The number of carbonyl (C=O) groups excluding carboxylic acids is 1. The molecule has 4 nitrogen and oxygen atoms in total. The molecule has 4 rings (SSSR count). The van der Waals surface area contributed by atoms with Crippen LogP contribution < -0.4 is 5.32 Å². The van der Waals surface area contributed by atoms with Gasteiger partial charge in [-0.2, -0.15) is 5.10 Å². The predicted molar refractivity (Wildman–Crippen MR) is 118 cm³/mol. The zero-order valence-corrected chi connectivity index (χ0v) is 18.2. The molecule has 1 aliphatic heterocycles. The number of amidine groups is 1. The van der Waals surface area contributed by atoms with Gasteiger partial charge in [-0.3, -0.25) is 10.1 Å². The molecule has 28 heavy (non-hydrogen) atoms. The molecule has 1 N–H and O–H groups in total. The monoisotopic (exact) mass is 395 g/mol. The van der Waals surface area contributed by atoms with Gasteiger partial charge in [0.1, 0.15) is 0 Å². The Balaban J connectivity index is 1.51. The molecule has 148 valence electrons. The second-order valence-corrected chi connectivity index (χ2v) is 10.4. The Hall–Kier alpha value is -1.88. The third-order valence-corrected chi connectivity index (χ3v) is 8.23. The summed E-state index contributed by atoms with van der Waals surface area (Å²) in [6, 6.07) is 8.35. The lowest BCUT2D eigenvalue weighted by atomic mass is 9.70. The van der Waals surface area contributed by atoms with E-state index >= 15 is 0 Å². The molecular formula is C23H29N3OS. The molecule has 0 spiro atoms. The van der Waals surface area contributed by atoms with Gasteiger partial charge in [0, 0.05) is 11.1 Å². The maximum Gasteiger partial charge on any atom is 0.264 e. The Morgan fingerprint density at radius 1 is 1.18 bits per heavy atom. The van der Waals surface area contributed by atoms with Gasteiger partial charge >= 0.3 is 0 Å². The van der Waals surface area contributed by atoms with Crippen LogP contribution in [0.25, 0.3) is 6.08 Å². The number of carbonyl (C=O) groups is 1. The van der Waals surface area contributed by atoms with E-state index in [1.165, 1.54) is 35.9 Å². The molecule has 2 atom stereocenters. The van der Waals surface area contributed by atoms with E-state index in [9.17, 15) is 4.79 Å². The van der Waals surface area contributed by atoms with E-state index in [-0.39, 0.29) is 16.7 Å². The standard InChI is InChI=1S/C23H29N3OS/c1-14(2)16-8-6-15(7-9-16)12-18-20(27)24-21(28-18)26-25-19-13-17-10-11-23(19,5)22(17,3)4/h6-9,12,14,17H,10-11,13H2,1-5H3,(H,24,26,27). The molecule has 2 saturated carbocycles. The summed E-state index contributed by atoms with van der Waals surface area (Å²) in [6.45, 7) is 11.4. The van der Waals surface area contributed by atoms with E-state index in [1.807, 2.05) is 6.08 Å². The molecule has 2 aliphatic carbocycles. The van der Waals surface area contributed by atoms with Gasteiger partial charge in [0.05, 0.1) is 4.91 Å². The maximum atomic E-state index is 12.3. The number of nitrogens with one attached hydrogen (secondary N) is 1. The summed E-state index contributed by atoms with van der Waals surface area (Å²) in [5, 5.41) is 12.4. The van der Waals surface area contributed by atoms with Crippen LogP contribution in [0.5, 0.6) is 0 Å². The third-order valence-electron chi connectivity index (χ3n) is 7.33. The van der Waals surface area contributed by atoms with E-state index in [2.05, 4.69) is 74.4 Å². The van der Waals surface area contributed by atoms with E-state index < -0.39 is 0 Å². The summed E-state index contributed by atoms with van der Waals surface area (Å²) in [7, 11) is 0. The molecule has 1 saturated heterocycles. The first kappa shape index (κ1) is 19.4. The van der Waals surface area contributed by atoms with Crippen LogP contribution in [0.2, 0.25) is 0 Å². The summed E-state index contributed by atoms with van der Waals surface area (Å²) in [5.41, 5.74) is 3.93. The van der Waals surface area contributed by atoms with Crippen LogP contribution in [0.15, 0.2) is 39.4 Å². The van der Waals surface area contributed by atoms with Gasteiger partial charge in [0.2, 0.25) is 0 Å². The Bertz CT molecular complexity index is 895. The smallest absolute Gasteiger partial charge is 0.264 e. The molecule has 3 aliphatic rings. The molecule has 1 amide bonds. The lowest BCUT2D eigenvalue weighted by Gasteiger charge is -2.34. The van der Waals surface area contributed by atoms with Crippen LogP contribution in [-0.4, -0.2) is 16.8 Å². The van der Waals surface area contributed by atoms with Crippen LogP contribution in [-0.2, 0) is 4.79 Å². The molecule has 2 unspecified atom stereocenters. The molecule has 1 aromatic carbocycles. The number of hydrogen-bond acceptors (Lipinski definition) is 4. The fourth-order valence-electron chi connectivity index (χ4n) is 4.79. The number of nitrogens with zero attached hydrogens (tertiary/aromatic N) is 2. The largest absolute Gasteiger partial charge is 0.299 e. The van der Waals surface area contributed by atoms with Crippen LogP contribution >= 0.6 is 11.8 Å². The first-order valence-electron chi connectivity index (χ1n) is 10.2. The second-order valence-electron chi connectivity index (χ2n) is 9.33. The lowest BCUT2D eigenvalue weighted by Crippen LogP contribution is -2.32. The lowest BCUT2D eigenvalue weighted by molar-refractivity contribution is -0.115. The van der Waals surface area contributed by atoms with Gasteiger partial charge in [0.25, 0.3) is 5.91 Å². The number of fused-ring (bicyclic) bond motifs is 2. The van der Waals surface area contributed by atoms with Gasteiger partial charge in [0.15, 0.2) is 5.17 Å². The molecule has 3 fully saturated rings. The Kier molecular flexibility index (Phi) is 4.77. The molecule has 1 aromatic rings. The van der Waals surface area contributed by atoms with Gasteiger partial charge < -0.3 is 0 Å². The summed E-state index contributed by atoms with van der Waals surface area (Å²) in [6.07, 6.45) is 5.42. The fourth-order valence-corrected chi connectivity index (χ4v) is 5.56. The highest BCUT2D eigenvalue weighted by Crippen LogP contribution is 2.64. The zero-order chi connectivity index (χ0) is 20.1. The summed E-state index contributed by atoms with van der Waals surface area (Å²) in [5.74, 6) is 1.10. The number of hydrogen-bond donors (Lipinski definition) is 1. The van der Waals surface area contributed by atoms with E-state index in [0.29, 0.717) is 21.9 Å². The van der Waals surface area contributed by atoms with Gasteiger partial charge in [-0.25, -0.2) is 0 Å². The van der Waals surface area contributed by atoms with Crippen LogP contribution in [0, 0.1) is 16.7 Å². The molecular weight excluding hydrogens is 366 g/mol. The van der Waals surface area contributed by atoms with Crippen LogP contribution in [0.3, 0.4) is 0 Å². The van der Waals surface area contributed by atoms with Crippen molar-refractivity contribution in [3.8, 4) is 0 Å². The van der Waals surface area contributed by atoms with Crippen molar-refractivity contribution < 1.29 is 4.79 Å². The Morgan fingerprint density at radius 3 is 2.46 bits per heavy atom. The highest BCUT2D eigenvalue weighted by molar-refractivity contribution is 8.18. The molecule has 5 heteroatoms. The van der Waals surface area contributed by atoms with Crippen molar-refractivity contribution in [2.75, 3.05) is 0 Å². The normalized spacial score (nSPS) is 32.9. The average Bonchev–Trinajstić information content (AvgIpc) is 3.17.